The molecule has 0 unspecified atom stereocenters. The van der Waals surface area contributed by atoms with Crippen molar-refractivity contribution in [1.82, 2.24) is 15.6 Å². The Morgan fingerprint density at radius 1 is 1.53 bits per heavy atom. The van der Waals surface area contributed by atoms with E-state index >= 15 is 0 Å². The summed E-state index contributed by atoms with van der Waals surface area (Å²) >= 11 is 5.65. The Morgan fingerprint density at radius 2 is 2.26 bits per heavy atom. The van der Waals surface area contributed by atoms with E-state index in [0.29, 0.717) is 19.1 Å². The lowest BCUT2D eigenvalue weighted by molar-refractivity contribution is -0.385. The molecule has 2 N–H and O–H groups in total. The molecule has 8 heteroatoms. The summed E-state index contributed by atoms with van der Waals surface area (Å²) < 4.78 is 0. The largest absolute Gasteiger partial charge is 0.351 e. The van der Waals surface area contributed by atoms with Crippen molar-refractivity contribution >= 4 is 23.2 Å². The van der Waals surface area contributed by atoms with Crippen molar-refractivity contribution in [2.24, 2.45) is 0 Å². The number of nitrogens with zero attached hydrogens (tertiary/aromatic N) is 2. The zero-order chi connectivity index (χ0) is 13.8. The summed E-state index contributed by atoms with van der Waals surface area (Å²) in [6.45, 7) is 1.05. The van der Waals surface area contributed by atoms with Gasteiger partial charge in [-0.1, -0.05) is 11.6 Å². The summed E-state index contributed by atoms with van der Waals surface area (Å²) in [5, 5.41) is 16.7. The number of nitro groups is 1. The molecule has 2 rings (SSSR count). The maximum absolute atomic E-state index is 11.9. The SMILES string of the molecule is O=C(NCCNC1CC1)c1cc(Cl)ncc1[N+](=O)[O-]. The molecule has 1 aliphatic carbocycles. The molecule has 1 fully saturated rings. The van der Waals surface area contributed by atoms with Crippen LogP contribution in [-0.4, -0.2) is 34.9 Å². The molecule has 1 heterocycles. The van der Waals surface area contributed by atoms with E-state index in [4.69, 9.17) is 11.6 Å². The molecule has 0 aliphatic heterocycles. The van der Waals surface area contributed by atoms with E-state index in [0.717, 1.165) is 6.20 Å². The highest BCUT2D eigenvalue weighted by Crippen LogP contribution is 2.20. The van der Waals surface area contributed by atoms with Crippen LogP contribution in [-0.2, 0) is 0 Å². The number of rotatable bonds is 6. The minimum atomic E-state index is -0.652. The van der Waals surface area contributed by atoms with Crippen LogP contribution in [0.25, 0.3) is 0 Å². The number of nitrogens with one attached hydrogen (secondary N) is 2. The zero-order valence-corrected chi connectivity index (χ0v) is 10.8. The first-order chi connectivity index (χ1) is 9.08. The molecule has 0 spiro atoms. The van der Waals surface area contributed by atoms with Gasteiger partial charge < -0.3 is 10.6 Å². The topological polar surface area (TPSA) is 97.2 Å². The van der Waals surface area contributed by atoms with Gasteiger partial charge in [-0.3, -0.25) is 14.9 Å². The average molecular weight is 285 g/mol. The summed E-state index contributed by atoms with van der Waals surface area (Å²) in [6.07, 6.45) is 3.32. The van der Waals surface area contributed by atoms with Crippen LogP contribution >= 0.6 is 11.6 Å². The third-order valence-corrected chi connectivity index (χ3v) is 2.92. The van der Waals surface area contributed by atoms with Crippen LogP contribution in [0.4, 0.5) is 5.69 Å². The van der Waals surface area contributed by atoms with Crippen LogP contribution < -0.4 is 10.6 Å². The smallest absolute Gasteiger partial charge is 0.300 e. The summed E-state index contributed by atoms with van der Waals surface area (Å²) in [6, 6.07) is 1.75. The van der Waals surface area contributed by atoms with Crippen LogP contribution in [0.5, 0.6) is 0 Å². The monoisotopic (exact) mass is 284 g/mol. The summed E-state index contributed by atoms with van der Waals surface area (Å²) in [7, 11) is 0. The van der Waals surface area contributed by atoms with E-state index in [1.165, 1.54) is 18.9 Å². The van der Waals surface area contributed by atoms with Crippen molar-refractivity contribution in [1.29, 1.82) is 0 Å². The quantitative estimate of drug-likeness (QED) is 0.353. The van der Waals surface area contributed by atoms with E-state index < -0.39 is 10.8 Å². The van der Waals surface area contributed by atoms with Crippen LogP contribution in [0.15, 0.2) is 12.3 Å². The molecule has 0 saturated heterocycles. The Labute approximate surface area is 114 Å². The Bertz CT molecular complexity index is 505. The molecular formula is C11H13ClN4O3. The Morgan fingerprint density at radius 3 is 2.89 bits per heavy atom. The molecule has 0 aromatic carbocycles. The first-order valence-electron chi connectivity index (χ1n) is 5.89. The Balaban J connectivity index is 1.96. The molecule has 19 heavy (non-hydrogen) atoms. The number of carbonyl (C=O) groups is 1. The molecule has 0 atom stereocenters. The van der Waals surface area contributed by atoms with Crippen molar-refractivity contribution in [3.05, 3.63) is 33.1 Å². The van der Waals surface area contributed by atoms with Gasteiger partial charge in [0.15, 0.2) is 0 Å². The number of amides is 1. The van der Waals surface area contributed by atoms with Crippen molar-refractivity contribution in [3.8, 4) is 0 Å². The third-order valence-electron chi connectivity index (χ3n) is 2.71. The summed E-state index contributed by atoms with van der Waals surface area (Å²) in [4.78, 5) is 25.6. The highest BCUT2D eigenvalue weighted by molar-refractivity contribution is 6.29. The molecular weight excluding hydrogens is 272 g/mol. The minimum Gasteiger partial charge on any atom is -0.351 e. The van der Waals surface area contributed by atoms with Gasteiger partial charge >= 0.3 is 0 Å². The number of hydrogen-bond acceptors (Lipinski definition) is 5. The van der Waals surface area contributed by atoms with Gasteiger partial charge in [0.25, 0.3) is 11.6 Å². The van der Waals surface area contributed by atoms with Gasteiger partial charge in [-0.25, -0.2) is 4.98 Å². The van der Waals surface area contributed by atoms with Crippen molar-refractivity contribution in [2.45, 2.75) is 18.9 Å². The van der Waals surface area contributed by atoms with Gasteiger partial charge in [0.2, 0.25) is 0 Å². The van der Waals surface area contributed by atoms with Crippen molar-refractivity contribution in [2.75, 3.05) is 13.1 Å². The van der Waals surface area contributed by atoms with Gasteiger partial charge in [-0.05, 0) is 18.9 Å². The lowest BCUT2D eigenvalue weighted by atomic mass is 10.2. The Kier molecular flexibility index (Phi) is 4.28. The summed E-state index contributed by atoms with van der Waals surface area (Å²) in [5.74, 6) is -0.520. The fourth-order valence-corrected chi connectivity index (χ4v) is 1.74. The second kappa shape index (κ2) is 5.94. The first kappa shape index (κ1) is 13.7. The fourth-order valence-electron chi connectivity index (χ4n) is 1.59. The number of carbonyl (C=O) groups excluding carboxylic acids is 1. The molecule has 1 aromatic heterocycles. The van der Waals surface area contributed by atoms with Crippen LogP contribution in [0.3, 0.4) is 0 Å². The van der Waals surface area contributed by atoms with E-state index in [1.807, 2.05) is 0 Å². The first-order valence-corrected chi connectivity index (χ1v) is 6.27. The number of aromatic nitrogens is 1. The van der Waals surface area contributed by atoms with E-state index in [2.05, 4.69) is 15.6 Å². The lowest BCUT2D eigenvalue weighted by Gasteiger charge is -2.06. The van der Waals surface area contributed by atoms with Crippen LogP contribution in [0.2, 0.25) is 5.15 Å². The van der Waals surface area contributed by atoms with E-state index in [-0.39, 0.29) is 16.4 Å². The van der Waals surface area contributed by atoms with Crippen LogP contribution in [0, 0.1) is 10.1 Å². The van der Waals surface area contributed by atoms with Gasteiger partial charge in [-0.2, -0.15) is 0 Å². The maximum Gasteiger partial charge on any atom is 0.300 e. The highest BCUT2D eigenvalue weighted by Gasteiger charge is 2.22. The Hall–Kier alpha value is -1.73. The second-order valence-electron chi connectivity index (χ2n) is 4.27. The molecule has 1 amide bonds. The standard InChI is InChI=1S/C11H13ClN4O3/c12-10-5-8(9(6-15-10)16(18)19)11(17)14-4-3-13-7-1-2-7/h5-7,13H,1-4H2,(H,14,17). The summed E-state index contributed by atoms with van der Waals surface area (Å²) in [5.41, 5.74) is -0.423. The van der Waals surface area contributed by atoms with E-state index in [1.54, 1.807) is 0 Å². The molecule has 1 saturated carbocycles. The van der Waals surface area contributed by atoms with Gasteiger partial charge in [0.1, 0.15) is 16.9 Å². The number of halogens is 1. The van der Waals surface area contributed by atoms with Gasteiger partial charge in [-0.15, -0.1) is 0 Å². The van der Waals surface area contributed by atoms with Crippen molar-refractivity contribution < 1.29 is 9.72 Å². The average Bonchev–Trinajstić information content (AvgIpc) is 3.18. The normalized spacial score (nSPS) is 14.2. The minimum absolute atomic E-state index is 0.0480. The fraction of sp³-hybridized carbons (Fsp3) is 0.455. The van der Waals surface area contributed by atoms with Gasteiger partial charge in [0, 0.05) is 19.1 Å². The molecule has 0 radical (unpaired) electrons. The molecule has 7 nitrogen and oxygen atoms in total. The zero-order valence-electron chi connectivity index (χ0n) is 10.1. The maximum atomic E-state index is 11.9. The van der Waals surface area contributed by atoms with E-state index in [9.17, 15) is 14.9 Å². The predicted molar refractivity (Wildman–Crippen MR) is 69.3 cm³/mol. The van der Waals surface area contributed by atoms with Crippen molar-refractivity contribution in [3.63, 3.8) is 0 Å². The lowest BCUT2D eigenvalue weighted by Crippen LogP contribution is -2.33. The number of pyridine rings is 1. The molecule has 1 aromatic rings. The third kappa shape index (κ3) is 3.87. The second-order valence-corrected chi connectivity index (χ2v) is 4.65. The molecule has 1 aliphatic rings. The van der Waals surface area contributed by atoms with Crippen LogP contribution in [0.1, 0.15) is 23.2 Å². The molecule has 102 valence electrons. The molecule has 0 bridgehead atoms. The predicted octanol–water partition coefficient (Wildman–Crippen LogP) is 1.12. The highest BCUT2D eigenvalue weighted by atomic mass is 35.5. The van der Waals surface area contributed by atoms with Gasteiger partial charge in [0.05, 0.1) is 4.92 Å². The number of hydrogen-bond donors (Lipinski definition) is 2.